The Kier molecular flexibility index (Phi) is 2.52. The minimum absolute atomic E-state index is 0.271. The first-order valence-corrected chi connectivity index (χ1v) is 5.98. The van der Waals surface area contributed by atoms with Crippen LogP contribution in [-0.4, -0.2) is 29.8 Å². The lowest BCUT2D eigenvalue weighted by molar-refractivity contribution is 0.0690. The zero-order chi connectivity index (χ0) is 11.8. The van der Waals surface area contributed by atoms with Crippen LogP contribution in [0, 0.1) is 0 Å². The minimum atomic E-state index is -0.921. The van der Waals surface area contributed by atoms with Crippen LogP contribution in [0.15, 0.2) is 18.2 Å². The van der Waals surface area contributed by atoms with Crippen molar-refractivity contribution < 1.29 is 14.6 Å². The van der Waals surface area contributed by atoms with Crippen LogP contribution in [0.3, 0.4) is 0 Å². The van der Waals surface area contributed by atoms with Gasteiger partial charge in [-0.2, -0.15) is 0 Å². The topological polar surface area (TPSA) is 58.6 Å². The van der Waals surface area contributed by atoms with Crippen LogP contribution in [-0.2, 0) is 6.42 Å². The molecule has 0 spiro atoms. The molecule has 3 rings (SSSR count). The lowest BCUT2D eigenvalue weighted by Crippen LogP contribution is -2.40. The van der Waals surface area contributed by atoms with Crippen LogP contribution in [0.25, 0.3) is 0 Å². The molecule has 1 aromatic rings. The molecular weight excluding hydrogens is 218 g/mol. The molecule has 0 bridgehead atoms. The number of hydrogen-bond donors (Lipinski definition) is 2. The van der Waals surface area contributed by atoms with Gasteiger partial charge >= 0.3 is 5.97 Å². The third-order valence-electron chi connectivity index (χ3n) is 3.27. The summed E-state index contributed by atoms with van der Waals surface area (Å²) in [5, 5.41) is 12.6. The number of para-hydroxylation sites is 1. The van der Waals surface area contributed by atoms with E-state index in [0.29, 0.717) is 24.4 Å². The Balaban J connectivity index is 1.82. The number of carboxylic acids is 1. The smallest absolute Gasteiger partial charge is 0.339 e. The molecule has 4 heteroatoms. The Morgan fingerprint density at radius 3 is 2.88 bits per heavy atom. The summed E-state index contributed by atoms with van der Waals surface area (Å²) < 4.78 is 5.61. The van der Waals surface area contributed by atoms with Crippen molar-refractivity contribution in [2.75, 3.05) is 6.61 Å². The number of ether oxygens (including phenoxy) is 1. The highest BCUT2D eigenvalue weighted by Gasteiger charge is 2.29. The standard InChI is InChI=1S/C13H15NO3/c15-13(16)11-3-1-2-8-6-10(7-17-12(8)11)14-9-4-5-9/h1-3,9-10,14H,4-7H2,(H,15,16). The Bertz CT molecular complexity index is 454. The SMILES string of the molecule is O=C(O)c1cccc2c1OCC(NC1CC1)C2. The van der Waals surface area contributed by atoms with Gasteiger partial charge in [0.05, 0.1) is 0 Å². The van der Waals surface area contributed by atoms with Gasteiger partial charge in [0.15, 0.2) is 0 Å². The summed E-state index contributed by atoms with van der Waals surface area (Å²) in [6.07, 6.45) is 3.35. The summed E-state index contributed by atoms with van der Waals surface area (Å²) in [4.78, 5) is 11.0. The molecule has 1 aliphatic carbocycles. The maximum atomic E-state index is 11.0. The molecule has 0 radical (unpaired) electrons. The molecule has 1 fully saturated rings. The zero-order valence-corrected chi connectivity index (χ0v) is 9.48. The number of carboxylic acid groups (broad SMARTS) is 1. The Morgan fingerprint density at radius 2 is 2.18 bits per heavy atom. The first kappa shape index (κ1) is 10.6. The molecule has 17 heavy (non-hydrogen) atoms. The quantitative estimate of drug-likeness (QED) is 0.829. The van der Waals surface area contributed by atoms with Crippen molar-refractivity contribution >= 4 is 5.97 Å². The summed E-state index contributed by atoms with van der Waals surface area (Å²) in [6.45, 7) is 0.563. The summed E-state index contributed by atoms with van der Waals surface area (Å²) in [5.74, 6) is -0.371. The van der Waals surface area contributed by atoms with Crippen LogP contribution >= 0.6 is 0 Å². The molecule has 1 saturated carbocycles. The molecule has 4 nitrogen and oxygen atoms in total. The molecule has 0 saturated heterocycles. The number of rotatable bonds is 3. The number of benzene rings is 1. The van der Waals surface area contributed by atoms with Gasteiger partial charge in [-0.1, -0.05) is 12.1 Å². The van der Waals surface area contributed by atoms with Crippen LogP contribution in [0.5, 0.6) is 5.75 Å². The van der Waals surface area contributed by atoms with Gasteiger partial charge in [0.25, 0.3) is 0 Å². The molecule has 0 amide bonds. The average Bonchev–Trinajstić information content (AvgIpc) is 3.11. The Hall–Kier alpha value is -1.55. The number of nitrogens with one attached hydrogen (secondary N) is 1. The van der Waals surface area contributed by atoms with Crippen molar-refractivity contribution in [3.05, 3.63) is 29.3 Å². The van der Waals surface area contributed by atoms with Crippen molar-refractivity contribution in [3.8, 4) is 5.75 Å². The van der Waals surface area contributed by atoms with Crippen molar-refractivity contribution in [2.45, 2.75) is 31.3 Å². The Labute approximate surface area is 99.6 Å². The van der Waals surface area contributed by atoms with E-state index in [1.165, 1.54) is 12.8 Å². The fraction of sp³-hybridized carbons (Fsp3) is 0.462. The molecule has 1 aliphatic heterocycles. The number of hydrogen-bond acceptors (Lipinski definition) is 3. The van der Waals surface area contributed by atoms with Crippen LogP contribution in [0.2, 0.25) is 0 Å². The lowest BCUT2D eigenvalue weighted by atomic mass is 9.99. The molecular formula is C13H15NO3. The third-order valence-corrected chi connectivity index (χ3v) is 3.27. The van der Waals surface area contributed by atoms with Gasteiger partial charge in [-0.25, -0.2) is 4.79 Å². The molecule has 1 aromatic carbocycles. The highest BCUT2D eigenvalue weighted by atomic mass is 16.5. The van der Waals surface area contributed by atoms with Crippen LogP contribution in [0.4, 0.5) is 0 Å². The molecule has 0 aromatic heterocycles. The summed E-state index contributed by atoms with van der Waals surface area (Å²) in [5.41, 5.74) is 1.27. The molecule has 2 N–H and O–H groups in total. The van der Waals surface area contributed by atoms with E-state index in [-0.39, 0.29) is 5.56 Å². The summed E-state index contributed by atoms with van der Waals surface area (Å²) in [7, 11) is 0. The monoisotopic (exact) mass is 233 g/mol. The van der Waals surface area contributed by atoms with Gasteiger partial charge in [-0.05, 0) is 30.9 Å². The average molecular weight is 233 g/mol. The van der Waals surface area contributed by atoms with E-state index in [1.54, 1.807) is 12.1 Å². The van der Waals surface area contributed by atoms with Crippen molar-refractivity contribution in [2.24, 2.45) is 0 Å². The van der Waals surface area contributed by atoms with E-state index in [1.807, 2.05) is 6.07 Å². The van der Waals surface area contributed by atoms with Crippen LogP contribution < -0.4 is 10.1 Å². The van der Waals surface area contributed by atoms with Crippen molar-refractivity contribution in [3.63, 3.8) is 0 Å². The van der Waals surface area contributed by atoms with Crippen LogP contribution in [0.1, 0.15) is 28.8 Å². The first-order valence-electron chi connectivity index (χ1n) is 5.98. The molecule has 1 heterocycles. The van der Waals surface area contributed by atoms with Gasteiger partial charge in [0.2, 0.25) is 0 Å². The second kappa shape index (κ2) is 4.04. The molecule has 1 atom stereocenters. The number of aromatic carboxylic acids is 1. The van der Waals surface area contributed by atoms with Gasteiger partial charge in [0, 0.05) is 12.1 Å². The lowest BCUT2D eigenvalue weighted by Gasteiger charge is -2.27. The summed E-state index contributed by atoms with van der Waals surface area (Å²) >= 11 is 0. The predicted octanol–water partition coefficient (Wildman–Crippen LogP) is 1.44. The second-order valence-electron chi connectivity index (χ2n) is 4.75. The van der Waals surface area contributed by atoms with E-state index in [2.05, 4.69) is 5.32 Å². The largest absolute Gasteiger partial charge is 0.491 e. The van der Waals surface area contributed by atoms with E-state index in [4.69, 9.17) is 9.84 Å². The van der Waals surface area contributed by atoms with E-state index >= 15 is 0 Å². The van der Waals surface area contributed by atoms with Crippen molar-refractivity contribution in [1.29, 1.82) is 0 Å². The third kappa shape index (κ3) is 2.13. The van der Waals surface area contributed by atoms with Gasteiger partial charge in [-0.15, -0.1) is 0 Å². The highest BCUT2D eigenvalue weighted by Crippen LogP contribution is 2.30. The maximum Gasteiger partial charge on any atom is 0.339 e. The fourth-order valence-corrected chi connectivity index (χ4v) is 2.28. The van der Waals surface area contributed by atoms with Gasteiger partial charge in [0.1, 0.15) is 17.9 Å². The second-order valence-corrected chi connectivity index (χ2v) is 4.75. The van der Waals surface area contributed by atoms with E-state index in [0.717, 1.165) is 12.0 Å². The van der Waals surface area contributed by atoms with Crippen molar-refractivity contribution in [1.82, 2.24) is 5.32 Å². The fourth-order valence-electron chi connectivity index (χ4n) is 2.28. The molecule has 1 unspecified atom stereocenters. The minimum Gasteiger partial charge on any atom is -0.491 e. The number of carbonyl (C=O) groups is 1. The summed E-state index contributed by atoms with van der Waals surface area (Å²) in [6, 6.07) is 6.29. The predicted molar refractivity (Wildman–Crippen MR) is 62.5 cm³/mol. The molecule has 90 valence electrons. The van der Waals surface area contributed by atoms with E-state index in [9.17, 15) is 4.79 Å². The van der Waals surface area contributed by atoms with E-state index < -0.39 is 5.97 Å². The van der Waals surface area contributed by atoms with Gasteiger partial charge < -0.3 is 15.2 Å². The Morgan fingerprint density at radius 1 is 1.35 bits per heavy atom. The maximum absolute atomic E-state index is 11.0. The van der Waals surface area contributed by atoms with Gasteiger partial charge in [-0.3, -0.25) is 0 Å². The highest BCUT2D eigenvalue weighted by molar-refractivity contribution is 5.91. The zero-order valence-electron chi connectivity index (χ0n) is 9.48. The normalized spacial score (nSPS) is 22.7. The molecule has 2 aliphatic rings. The first-order chi connectivity index (χ1) is 8.24. The number of fused-ring (bicyclic) bond motifs is 1.